The number of carboxylic acids is 2. The summed E-state index contributed by atoms with van der Waals surface area (Å²) >= 11 is 0. The van der Waals surface area contributed by atoms with Crippen molar-refractivity contribution in [3.63, 3.8) is 0 Å². The number of benzene rings is 1. The number of rotatable bonds is 15. The van der Waals surface area contributed by atoms with E-state index in [9.17, 15) is 9.59 Å². The summed E-state index contributed by atoms with van der Waals surface area (Å²) in [4.78, 5) is 21.8. The van der Waals surface area contributed by atoms with Crippen molar-refractivity contribution in [2.45, 2.75) is 58.4 Å². The van der Waals surface area contributed by atoms with E-state index >= 15 is 0 Å². The lowest BCUT2D eigenvalue weighted by molar-refractivity contribution is -0.148. The molecule has 1 rings (SSSR count). The minimum absolute atomic E-state index is 0.311. The highest BCUT2D eigenvalue weighted by Crippen LogP contribution is 2.21. The average molecular weight is 397 g/mol. The Labute approximate surface area is 162 Å². The molecule has 1 aromatic rings. The minimum Gasteiger partial charge on any atom is -0.481 e. The van der Waals surface area contributed by atoms with Crippen molar-refractivity contribution in [2.75, 3.05) is 13.2 Å². The molecule has 7 heteroatoms. The van der Waals surface area contributed by atoms with E-state index in [1.165, 1.54) is 0 Å². The normalized spacial score (nSPS) is 12.7. The second-order valence-electron chi connectivity index (χ2n) is 6.57. The highest BCUT2D eigenvalue weighted by atomic mass is 28.4. The monoisotopic (exact) mass is 396 g/mol. The molecule has 0 fully saturated rings. The molecule has 2 N–H and O–H groups in total. The van der Waals surface area contributed by atoms with Crippen molar-refractivity contribution >= 4 is 25.7 Å². The number of hydrogen-bond acceptors (Lipinski definition) is 4. The third-order valence-corrected chi connectivity index (χ3v) is 8.28. The van der Waals surface area contributed by atoms with Crippen molar-refractivity contribution in [2.24, 2.45) is 5.92 Å². The van der Waals surface area contributed by atoms with Crippen LogP contribution in [0.2, 0.25) is 6.04 Å². The molecule has 6 nitrogen and oxygen atoms in total. The topological polar surface area (TPSA) is 93.1 Å². The summed E-state index contributed by atoms with van der Waals surface area (Å²) in [5.41, 5.74) is 0. The molecule has 0 aromatic heterocycles. The van der Waals surface area contributed by atoms with Crippen LogP contribution in [-0.2, 0) is 18.4 Å². The van der Waals surface area contributed by atoms with E-state index in [0.29, 0.717) is 26.1 Å². The molecule has 0 saturated heterocycles. The fourth-order valence-corrected chi connectivity index (χ4v) is 6.62. The molecule has 0 saturated carbocycles. The number of unbranched alkanes of at least 4 members (excludes halogenated alkanes) is 3. The van der Waals surface area contributed by atoms with Crippen LogP contribution in [0.1, 0.15) is 52.4 Å². The Balaban J connectivity index is 2.52. The van der Waals surface area contributed by atoms with Crippen LogP contribution in [0, 0.1) is 5.92 Å². The van der Waals surface area contributed by atoms with Gasteiger partial charge in [-0.1, -0.05) is 56.0 Å². The van der Waals surface area contributed by atoms with Gasteiger partial charge >= 0.3 is 20.5 Å². The predicted octanol–water partition coefficient (Wildman–Crippen LogP) is 3.53. The summed E-state index contributed by atoms with van der Waals surface area (Å²) in [6.07, 6.45) is 3.57. The first-order valence-corrected chi connectivity index (χ1v) is 11.8. The zero-order chi connectivity index (χ0) is 20.1. The molecule has 0 aliphatic rings. The lowest BCUT2D eigenvalue weighted by atomic mass is 9.98. The van der Waals surface area contributed by atoms with Crippen molar-refractivity contribution < 1.29 is 28.7 Å². The third-order valence-electron chi connectivity index (χ3n) is 4.55. The van der Waals surface area contributed by atoms with Crippen LogP contribution in [0.5, 0.6) is 0 Å². The summed E-state index contributed by atoms with van der Waals surface area (Å²) in [7, 11) is -2.47. The fourth-order valence-electron chi connectivity index (χ4n) is 3.28. The Hall–Kier alpha value is -1.70. The van der Waals surface area contributed by atoms with Gasteiger partial charge in [0.1, 0.15) is 0 Å². The van der Waals surface area contributed by atoms with Gasteiger partial charge in [-0.3, -0.25) is 9.59 Å². The molecule has 1 unspecified atom stereocenters. The van der Waals surface area contributed by atoms with E-state index in [-0.39, 0.29) is 6.42 Å². The number of aliphatic carboxylic acids is 2. The van der Waals surface area contributed by atoms with E-state index < -0.39 is 26.4 Å². The first-order valence-electron chi connectivity index (χ1n) is 9.73. The van der Waals surface area contributed by atoms with E-state index in [0.717, 1.165) is 30.5 Å². The number of carboxylic acid groups (broad SMARTS) is 2. The van der Waals surface area contributed by atoms with Gasteiger partial charge in [-0.25, -0.2) is 0 Å². The van der Waals surface area contributed by atoms with Crippen LogP contribution < -0.4 is 5.19 Å². The Morgan fingerprint density at radius 3 is 2.07 bits per heavy atom. The van der Waals surface area contributed by atoms with Crippen LogP contribution in [0.25, 0.3) is 0 Å². The largest absolute Gasteiger partial charge is 0.481 e. The van der Waals surface area contributed by atoms with Crippen molar-refractivity contribution in [3.05, 3.63) is 30.3 Å². The zero-order valence-corrected chi connectivity index (χ0v) is 17.4. The second-order valence-corrected chi connectivity index (χ2v) is 9.73. The van der Waals surface area contributed by atoms with Gasteiger partial charge in [-0.2, -0.15) is 0 Å². The van der Waals surface area contributed by atoms with Gasteiger partial charge in [0.15, 0.2) is 0 Å². The Kier molecular flexibility index (Phi) is 10.9. The maximum Gasteiger partial charge on any atom is 0.372 e. The molecule has 0 amide bonds. The molecule has 1 atom stereocenters. The molecule has 0 radical (unpaired) electrons. The van der Waals surface area contributed by atoms with E-state index in [2.05, 4.69) is 12.1 Å². The molecular weight excluding hydrogens is 364 g/mol. The van der Waals surface area contributed by atoms with Crippen LogP contribution in [0.15, 0.2) is 30.3 Å². The van der Waals surface area contributed by atoms with Gasteiger partial charge in [0.25, 0.3) is 0 Å². The van der Waals surface area contributed by atoms with Gasteiger partial charge in [0.05, 0.1) is 12.3 Å². The second kappa shape index (κ2) is 12.6. The molecule has 0 aliphatic heterocycles. The standard InChI is InChI=1S/C20H32O6Si/c1-3-25-27(26-4-2,18-13-9-7-10-14-18)15-11-6-5-8-12-17(20(23)24)16-19(21)22/h7,9-10,13-14,17H,3-6,8,11-12,15-16H2,1-2H3,(H,21,22)(H,23,24). The summed E-state index contributed by atoms with van der Waals surface area (Å²) in [6.45, 7) is 5.18. The maximum atomic E-state index is 11.1. The first kappa shape index (κ1) is 23.3. The summed E-state index contributed by atoms with van der Waals surface area (Å²) in [5, 5.41) is 19.0. The number of carbonyl (C=O) groups is 2. The molecular formula is C20H32O6Si. The van der Waals surface area contributed by atoms with E-state index in [1.54, 1.807) is 0 Å². The Bertz CT molecular complexity index is 557. The first-order chi connectivity index (χ1) is 12.9. The Morgan fingerprint density at radius 2 is 1.56 bits per heavy atom. The van der Waals surface area contributed by atoms with Crippen molar-refractivity contribution in [1.82, 2.24) is 0 Å². The third kappa shape index (κ3) is 8.24. The van der Waals surface area contributed by atoms with Gasteiger partial charge < -0.3 is 19.1 Å². The van der Waals surface area contributed by atoms with E-state index in [1.807, 2.05) is 32.0 Å². The summed E-state index contributed by atoms with van der Waals surface area (Å²) in [5.74, 6) is -2.89. The highest BCUT2D eigenvalue weighted by molar-refractivity contribution is 6.81. The molecule has 0 aliphatic carbocycles. The number of hydrogen-bond donors (Lipinski definition) is 2. The summed E-state index contributed by atoms with van der Waals surface area (Å²) < 4.78 is 12.3. The average Bonchev–Trinajstić information content (AvgIpc) is 2.64. The maximum absolute atomic E-state index is 11.1. The molecule has 0 bridgehead atoms. The van der Waals surface area contributed by atoms with Crippen LogP contribution >= 0.6 is 0 Å². The molecule has 1 aromatic carbocycles. The van der Waals surface area contributed by atoms with Crippen molar-refractivity contribution in [1.29, 1.82) is 0 Å². The highest BCUT2D eigenvalue weighted by Gasteiger charge is 2.38. The predicted molar refractivity (Wildman–Crippen MR) is 106 cm³/mol. The van der Waals surface area contributed by atoms with Gasteiger partial charge in [0, 0.05) is 13.2 Å². The SMILES string of the molecule is CCO[Si](CCCCCCC(CC(=O)O)C(=O)O)(OCC)c1ccccc1. The molecule has 0 heterocycles. The smallest absolute Gasteiger partial charge is 0.372 e. The lowest BCUT2D eigenvalue weighted by Gasteiger charge is -2.30. The minimum atomic E-state index is -2.47. The van der Waals surface area contributed by atoms with E-state index in [4.69, 9.17) is 19.1 Å². The van der Waals surface area contributed by atoms with Gasteiger partial charge in [-0.05, 0) is 31.5 Å². The molecule has 27 heavy (non-hydrogen) atoms. The zero-order valence-electron chi connectivity index (χ0n) is 16.4. The van der Waals surface area contributed by atoms with Crippen LogP contribution in [-0.4, -0.2) is 43.9 Å². The Morgan fingerprint density at radius 1 is 0.963 bits per heavy atom. The van der Waals surface area contributed by atoms with Crippen molar-refractivity contribution in [3.8, 4) is 0 Å². The van der Waals surface area contributed by atoms with Crippen LogP contribution in [0.4, 0.5) is 0 Å². The summed E-state index contributed by atoms with van der Waals surface area (Å²) in [6, 6.07) is 11.0. The van der Waals surface area contributed by atoms with Gasteiger partial charge in [0.2, 0.25) is 0 Å². The quantitative estimate of drug-likeness (QED) is 0.348. The van der Waals surface area contributed by atoms with Gasteiger partial charge in [-0.15, -0.1) is 0 Å². The lowest BCUT2D eigenvalue weighted by Crippen LogP contribution is -2.53. The molecule has 0 spiro atoms. The fraction of sp³-hybridized carbons (Fsp3) is 0.600. The molecule has 152 valence electrons. The van der Waals surface area contributed by atoms with Crippen LogP contribution in [0.3, 0.4) is 0 Å².